The highest BCUT2D eigenvalue weighted by Gasteiger charge is 2.48. The van der Waals surface area contributed by atoms with Crippen molar-refractivity contribution in [2.75, 3.05) is 39.8 Å². The zero-order valence-electron chi connectivity index (χ0n) is 17.2. The summed E-state index contributed by atoms with van der Waals surface area (Å²) < 4.78 is 70.0. The lowest BCUT2D eigenvalue weighted by Crippen LogP contribution is -2.62. The van der Waals surface area contributed by atoms with Crippen LogP contribution in [0.2, 0.25) is 0 Å². The number of piperidine rings is 1. The van der Waals surface area contributed by atoms with Crippen molar-refractivity contribution in [2.45, 2.75) is 36.9 Å². The first-order valence-corrected chi connectivity index (χ1v) is 11.5. The molecule has 170 valence electrons. The van der Waals surface area contributed by atoms with Crippen LogP contribution >= 0.6 is 0 Å². The van der Waals surface area contributed by atoms with Crippen molar-refractivity contribution in [1.29, 1.82) is 0 Å². The number of methoxy groups -OCH3 is 1. The van der Waals surface area contributed by atoms with Gasteiger partial charge in [0, 0.05) is 38.7 Å². The molecule has 0 N–H and O–H groups in total. The van der Waals surface area contributed by atoms with Crippen molar-refractivity contribution >= 4 is 21.7 Å². The number of likely N-dealkylation sites (tertiary alicyclic amines) is 1. The molecule has 0 saturated carbocycles. The van der Waals surface area contributed by atoms with Crippen molar-refractivity contribution in [2.24, 2.45) is 15.4 Å². The molecule has 0 aromatic heterocycles. The van der Waals surface area contributed by atoms with Crippen LogP contribution in [0.25, 0.3) is 0 Å². The van der Waals surface area contributed by atoms with Crippen LogP contribution in [0, 0.1) is 5.41 Å². The number of benzene rings is 1. The predicted octanol–water partition coefficient (Wildman–Crippen LogP) is 2.68. The zero-order chi connectivity index (χ0) is 22.3. The number of aliphatic imine (C=N–C) groups is 2. The molecule has 0 atom stereocenters. The van der Waals surface area contributed by atoms with Gasteiger partial charge in [-0.2, -0.15) is 17.5 Å². The molecule has 0 bridgehead atoms. The van der Waals surface area contributed by atoms with Crippen LogP contribution in [0.1, 0.15) is 24.8 Å². The molecule has 0 unspecified atom stereocenters. The van der Waals surface area contributed by atoms with Crippen LogP contribution in [0.5, 0.6) is 0 Å². The van der Waals surface area contributed by atoms with Gasteiger partial charge in [0.05, 0.1) is 18.0 Å². The number of ether oxygens (including phenoxy) is 1. The molecule has 11 heteroatoms. The van der Waals surface area contributed by atoms with Gasteiger partial charge in [-0.1, -0.05) is 12.1 Å². The first kappa shape index (κ1) is 22.2. The number of alkyl halides is 3. The molecule has 31 heavy (non-hydrogen) atoms. The highest BCUT2D eigenvalue weighted by Crippen LogP contribution is 2.42. The third-order valence-electron chi connectivity index (χ3n) is 6.09. The molecular formula is C20H25F3N4O3S. The summed E-state index contributed by atoms with van der Waals surface area (Å²) in [7, 11) is -1.96. The summed E-state index contributed by atoms with van der Waals surface area (Å²) in [6, 6.07) is 6.72. The number of rotatable bonds is 5. The summed E-state index contributed by atoms with van der Waals surface area (Å²) in [6.45, 7) is 2.83. The van der Waals surface area contributed by atoms with Gasteiger partial charge in [0.25, 0.3) is 0 Å². The van der Waals surface area contributed by atoms with Crippen molar-refractivity contribution in [3.05, 3.63) is 29.8 Å². The Balaban J connectivity index is 1.31. The Morgan fingerprint density at radius 2 is 1.77 bits per heavy atom. The lowest BCUT2D eigenvalue weighted by atomic mass is 9.72. The molecule has 7 nitrogen and oxygen atoms in total. The van der Waals surface area contributed by atoms with E-state index in [9.17, 15) is 21.6 Å². The largest absolute Gasteiger partial charge is 0.396 e. The van der Waals surface area contributed by atoms with Gasteiger partial charge in [0.2, 0.25) is 10.0 Å². The highest BCUT2D eigenvalue weighted by molar-refractivity contribution is 7.89. The maximum absolute atomic E-state index is 13.0. The van der Waals surface area contributed by atoms with Crippen molar-refractivity contribution in [1.82, 2.24) is 9.21 Å². The Labute approximate surface area is 179 Å². The third-order valence-corrected chi connectivity index (χ3v) is 8.01. The fourth-order valence-electron chi connectivity index (χ4n) is 4.36. The molecule has 0 radical (unpaired) electrons. The fraction of sp³-hybridized carbons (Fsp3) is 0.600. The zero-order valence-corrected chi connectivity index (χ0v) is 18.0. The molecule has 3 aliphatic heterocycles. The molecule has 4 rings (SSSR count). The normalized spacial score (nSPS) is 21.7. The minimum Gasteiger partial charge on any atom is -0.380 e. The van der Waals surface area contributed by atoms with E-state index >= 15 is 0 Å². The number of hydrogen-bond donors (Lipinski definition) is 0. The van der Waals surface area contributed by atoms with E-state index in [2.05, 4.69) is 9.98 Å². The average Bonchev–Trinajstić information content (AvgIpc) is 3.13. The summed E-state index contributed by atoms with van der Waals surface area (Å²) in [6.07, 6.45) is -3.98. The van der Waals surface area contributed by atoms with Gasteiger partial charge < -0.3 is 9.64 Å². The minimum absolute atomic E-state index is 0.0103. The monoisotopic (exact) mass is 458 g/mol. The summed E-state index contributed by atoms with van der Waals surface area (Å²) in [5, 5.41) is 0. The molecule has 2 fully saturated rings. The summed E-state index contributed by atoms with van der Waals surface area (Å²) in [4.78, 5) is 10.2. The molecule has 1 aromatic rings. The van der Waals surface area contributed by atoms with Gasteiger partial charge in [-0.25, -0.2) is 13.4 Å². The second kappa shape index (κ2) is 8.18. The van der Waals surface area contributed by atoms with Crippen LogP contribution in [-0.2, 0) is 21.4 Å². The number of hydrogen-bond acceptors (Lipinski definition) is 6. The summed E-state index contributed by atoms with van der Waals surface area (Å²) in [5.41, 5.74) is 0.898. The Hall–Kier alpha value is -1.98. The highest BCUT2D eigenvalue weighted by atomic mass is 32.2. The number of sulfonamides is 1. The van der Waals surface area contributed by atoms with E-state index in [1.165, 1.54) is 4.31 Å². The maximum atomic E-state index is 13.0. The predicted molar refractivity (Wildman–Crippen MR) is 110 cm³/mol. The van der Waals surface area contributed by atoms with Gasteiger partial charge in [0.15, 0.2) is 0 Å². The van der Waals surface area contributed by atoms with E-state index in [4.69, 9.17) is 4.74 Å². The molecular weight excluding hydrogens is 433 g/mol. The first-order valence-electron chi connectivity index (χ1n) is 10.1. The van der Waals surface area contributed by atoms with Crippen LogP contribution in [-0.4, -0.2) is 75.3 Å². The van der Waals surface area contributed by atoms with Crippen LogP contribution in [0.4, 0.5) is 13.2 Å². The average molecular weight is 459 g/mol. The van der Waals surface area contributed by atoms with Crippen LogP contribution < -0.4 is 0 Å². The second-order valence-corrected chi connectivity index (χ2v) is 10.3. The smallest absolute Gasteiger partial charge is 0.380 e. The van der Waals surface area contributed by atoms with E-state index in [0.29, 0.717) is 51.5 Å². The van der Waals surface area contributed by atoms with Gasteiger partial charge in [-0.05, 0) is 30.5 Å². The van der Waals surface area contributed by atoms with Crippen LogP contribution in [0.3, 0.4) is 0 Å². The Kier molecular flexibility index (Phi) is 5.86. The van der Waals surface area contributed by atoms with Gasteiger partial charge in [-0.15, -0.1) is 0 Å². The molecule has 1 spiro atoms. The number of amidine groups is 2. The Morgan fingerprint density at radius 3 is 2.35 bits per heavy atom. The Morgan fingerprint density at radius 1 is 1.13 bits per heavy atom. The third kappa shape index (κ3) is 4.78. The SMILES string of the molecule is COCc1ccc(S(=O)(=O)N2CCC3(CC2)CN(C2=NC(CC(F)(F)F)=NC2)C3)cc1. The van der Waals surface area contributed by atoms with E-state index < -0.39 is 22.6 Å². The standard InChI is InChI=1S/C20H25F3N4O3S/c1-30-12-15-2-4-16(5-3-15)31(28,29)27-8-6-19(7-9-27)13-26(14-19)18-11-24-17(25-18)10-20(21,22)23/h2-5H,6-14H2,1H3. The number of nitrogens with zero attached hydrogens (tertiary/aromatic N) is 4. The first-order chi connectivity index (χ1) is 14.6. The Bertz CT molecular complexity index is 974. The van der Waals surface area contributed by atoms with Gasteiger partial charge in [0.1, 0.15) is 18.1 Å². The topological polar surface area (TPSA) is 74.6 Å². The molecule has 1 aromatic carbocycles. The van der Waals surface area contributed by atoms with Crippen LogP contribution in [0.15, 0.2) is 39.1 Å². The lowest BCUT2D eigenvalue weighted by molar-refractivity contribution is -0.121. The molecule has 2 saturated heterocycles. The van der Waals surface area contributed by atoms with Crippen molar-refractivity contribution in [3.8, 4) is 0 Å². The molecule has 0 aliphatic carbocycles. The van der Waals surface area contributed by atoms with E-state index in [-0.39, 0.29) is 22.7 Å². The van der Waals surface area contributed by atoms with Gasteiger partial charge >= 0.3 is 6.18 Å². The molecule has 3 aliphatic rings. The summed E-state index contributed by atoms with van der Waals surface area (Å²) >= 11 is 0. The van der Waals surface area contributed by atoms with Crippen molar-refractivity contribution in [3.63, 3.8) is 0 Å². The minimum atomic E-state index is -4.31. The molecule has 3 heterocycles. The second-order valence-electron chi connectivity index (χ2n) is 8.39. The maximum Gasteiger partial charge on any atom is 0.396 e. The van der Waals surface area contributed by atoms with Gasteiger partial charge in [-0.3, -0.25) is 4.99 Å². The summed E-state index contributed by atoms with van der Waals surface area (Å²) in [5.74, 6) is 0.414. The van der Waals surface area contributed by atoms with E-state index in [0.717, 1.165) is 5.56 Å². The fourth-order valence-corrected chi connectivity index (χ4v) is 5.81. The quantitative estimate of drug-likeness (QED) is 0.680. The van der Waals surface area contributed by atoms with Crippen molar-refractivity contribution < 1.29 is 26.3 Å². The van der Waals surface area contributed by atoms with E-state index in [1.54, 1.807) is 31.4 Å². The van der Waals surface area contributed by atoms with E-state index in [1.807, 2.05) is 4.90 Å². The lowest BCUT2D eigenvalue weighted by Gasteiger charge is -2.54. The number of halogens is 3. The molecule has 0 amide bonds.